The highest BCUT2D eigenvalue weighted by atomic mass is 32.2. The zero-order valence-corrected chi connectivity index (χ0v) is 18.1. The third-order valence-electron chi connectivity index (χ3n) is 4.85. The van der Waals surface area contributed by atoms with Crippen LogP contribution in [0.5, 0.6) is 0 Å². The second kappa shape index (κ2) is 9.74. The Balaban J connectivity index is 1.62. The van der Waals surface area contributed by atoms with Gasteiger partial charge in [-0.1, -0.05) is 30.0 Å². The molecule has 162 valence electrons. The van der Waals surface area contributed by atoms with Crippen LogP contribution in [0.15, 0.2) is 78.2 Å². The van der Waals surface area contributed by atoms with Crippen LogP contribution in [0.3, 0.4) is 0 Å². The number of halogens is 2. The van der Waals surface area contributed by atoms with Crippen molar-refractivity contribution in [3.8, 4) is 11.3 Å². The molecule has 2 aromatic heterocycles. The topological polar surface area (TPSA) is 61.9 Å². The van der Waals surface area contributed by atoms with Gasteiger partial charge in [-0.25, -0.2) is 13.8 Å². The largest absolute Gasteiger partial charge is 0.336 e. The van der Waals surface area contributed by atoms with Crippen molar-refractivity contribution in [2.45, 2.75) is 17.5 Å². The standard InChI is InChI=1S/C24H20F2N4OS/c1-30(14-16-10-12-27-13-11-16)23(31)22-21(17-6-8-19(25)9-7-17)28-24(29-22)32-15-18-4-2-3-5-20(18)26/h2-13H,14-15H2,1H3,(H,28,29). The Bertz CT molecular complexity index is 1210. The van der Waals surface area contributed by atoms with Crippen molar-refractivity contribution >= 4 is 17.7 Å². The molecule has 2 aromatic carbocycles. The van der Waals surface area contributed by atoms with Crippen LogP contribution >= 0.6 is 11.8 Å². The molecular weight excluding hydrogens is 430 g/mol. The van der Waals surface area contributed by atoms with Crippen LogP contribution in [0.4, 0.5) is 8.78 Å². The Morgan fingerprint density at radius 3 is 2.47 bits per heavy atom. The predicted molar refractivity (Wildman–Crippen MR) is 120 cm³/mol. The number of benzene rings is 2. The summed E-state index contributed by atoms with van der Waals surface area (Å²) in [6, 6.07) is 16.0. The van der Waals surface area contributed by atoms with E-state index in [2.05, 4.69) is 15.0 Å². The molecule has 0 saturated carbocycles. The Morgan fingerprint density at radius 2 is 1.75 bits per heavy atom. The monoisotopic (exact) mass is 450 g/mol. The number of carbonyl (C=O) groups is 1. The molecule has 8 heteroatoms. The number of amides is 1. The molecule has 0 radical (unpaired) electrons. The maximum Gasteiger partial charge on any atom is 0.272 e. The molecular formula is C24H20F2N4OS. The molecule has 4 aromatic rings. The van der Waals surface area contributed by atoms with Crippen molar-refractivity contribution in [3.63, 3.8) is 0 Å². The van der Waals surface area contributed by atoms with Gasteiger partial charge in [-0.05, 0) is 53.6 Å². The van der Waals surface area contributed by atoms with Crippen LogP contribution < -0.4 is 0 Å². The first-order valence-electron chi connectivity index (χ1n) is 9.88. The normalized spacial score (nSPS) is 10.8. The van der Waals surface area contributed by atoms with Gasteiger partial charge in [0, 0.05) is 37.3 Å². The average Bonchev–Trinajstić information content (AvgIpc) is 3.23. The average molecular weight is 451 g/mol. The van der Waals surface area contributed by atoms with Crippen molar-refractivity contribution in [2.24, 2.45) is 0 Å². The third-order valence-corrected chi connectivity index (χ3v) is 5.77. The minimum atomic E-state index is -0.374. The molecule has 0 saturated heterocycles. The first-order chi connectivity index (χ1) is 15.5. The summed E-state index contributed by atoms with van der Waals surface area (Å²) in [5.41, 5.74) is 2.81. The molecule has 0 unspecified atom stereocenters. The summed E-state index contributed by atoms with van der Waals surface area (Å²) in [5.74, 6) is -0.574. The molecule has 0 aliphatic rings. The summed E-state index contributed by atoms with van der Waals surface area (Å²) in [5, 5.41) is 0.480. The zero-order valence-electron chi connectivity index (χ0n) is 17.3. The Morgan fingerprint density at radius 1 is 1.03 bits per heavy atom. The van der Waals surface area contributed by atoms with Gasteiger partial charge in [0.05, 0.1) is 0 Å². The fourth-order valence-electron chi connectivity index (χ4n) is 3.18. The van der Waals surface area contributed by atoms with E-state index in [1.165, 1.54) is 30.0 Å². The maximum atomic E-state index is 14.0. The van der Waals surface area contributed by atoms with Crippen LogP contribution in [0.1, 0.15) is 21.6 Å². The van der Waals surface area contributed by atoms with Gasteiger partial charge >= 0.3 is 0 Å². The third kappa shape index (κ3) is 5.03. The number of carbonyl (C=O) groups excluding carboxylic acids is 1. The first-order valence-corrected chi connectivity index (χ1v) is 10.9. The Kier molecular flexibility index (Phi) is 6.61. The highest BCUT2D eigenvalue weighted by Gasteiger charge is 2.22. The molecule has 0 bridgehead atoms. The molecule has 4 rings (SSSR count). The number of pyridine rings is 1. The van der Waals surface area contributed by atoms with Crippen molar-refractivity contribution in [2.75, 3.05) is 7.05 Å². The van der Waals surface area contributed by atoms with E-state index in [9.17, 15) is 13.6 Å². The van der Waals surface area contributed by atoms with Gasteiger partial charge in [0.2, 0.25) is 0 Å². The molecule has 0 fully saturated rings. The molecule has 2 heterocycles. The first kappa shape index (κ1) is 21.7. The number of imidazole rings is 1. The highest BCUT2D eigenvalue weighted by molar-refractivity contribution is 7.98. The van der Waals surface area contributed by atoms with E-state index in [0.29, 0.717) is 40.0 Å². The van der Waals surface area contributed by atoms with Crippen molar-refractivity contribution in [1.29, 1.82) is 0 Å². The fourth-order valence-corrected chi connectivity index (χ4v) is 4.03. The molecule has 32 heavy (non-hydrogen) atoms. The van der Waals surface area contributed by atoms with E-state index in [1.807, 2.05) is 12.1 Å². The van der Waals surface area contributed by atoms with Gasteiger partial charge in [0.15, 0.2) is 5.16 Å². The number of hydrogen-bond acceptors (Lipinski definition) is 4. The molecule has 0 spiro atoms. The van der Waals surface area contributed by atoms with Crippen molar-refractivity contribution in [1.82, 2.24) is 19.9 Å². The second-order valence-electron chi connectivity index (χ2n) is 7.17. The quantitative estimate of drug-likeness (QED) is 0.388. The lowest BCUT2D eigenvalue weighted by Crippen LogP contribution is -2.27. The Labute approximate surface area is 188 Å². The minimum Gasteiger partial charge on any atom is -0.336 e. The summed E-state index contributed by atoms with van der Waals surface area (Å²) in [7, 11) is 1.70. The second-order valence-corrected chi connectivity index (χ2v) is 8.13. The lowest BCUT2D eigenvalue weighted by molar-refractivity contribution is 0.0780. The molecule has 5 nitrogen and oxygen atoms in total. The molecule has 0 aliphatic heterocycles. The predicted octanol–water partition coefficient (Wildman–Crippen LogP) is 5.31. The molecule has 0 aliphatic carbocycles. The van der Waals surface area contributed by atoms with Gasteiger partial charge in [0.25, 0.3) is 5.91 Å². The molecule has 1 N–H and O–H groups in total. The van der Waals surface area contributed by atoms with E-state index >= 15 is 0 Å². The van der Waals surface area contributed by atoms with E-state index in [4.69, 9.17) is 0 Å². The van der Waals surface area contributed by atoms with Crippen LogP contribution in [0.2, 0.25) is 0 Å². The summed E-state index contributed by atoms with van der Waals surface area (Å²) < 4.78 is 27.4. The lowest BCUT2D eigenvalue weighted by Gasteiger charge is -2.17. The molecule has 0 atom stereocenters. The lowest BCUT2D eigenvalue weighted by atomic mass is 10.1. The fraction of sp³-hybridized carbons (Fsp3) is 0.125. The Hall–Kier alpha value is -3.52. The van der Waals surface area contributed by atoms with Crippen LogP contribution in [0, 0.1) is 11.6 Å². The van der Waals surface area contributed by atoms with Gasteiger partial charge < -0.3 is 9.88 Å². The van der Waals surface area contributed by atoms with Crippen molar-refractivity contribution < 1.29 is 13.6 Å². The van der Waals surface area contributed by atoms with E-state index in [0.717, 1.165) is 5.56 Å². The summed E-state index contributed by atoms with van der Waals surface area (Å²) in [6.45, 7) is 0.390. The van der Waals surface area contributed by atoms with Crippen LogP contribution in [-0.2, 0) is 12.3 Å². The van der Waals surface area contributed by atoms with Crippen LogP contribution in [0.25, 0.3) is 11.3 Å². The molecule has 1 amide bonds. The van der Waals surface area contributed by atoms with Crippen LogP contribution in [-0.4, -0.2) is 32.8 Å². The highest BCUT2D eigenvalue weighted by Crippen LogP contribution is 2.29. The number of nitrogens with zero attached hydrogens (tertiary/aromatic N) is 3. The van der Waals surface area contributed by atoms with E-state index in [-0.39, 0.29) is 17.5 Å². The van der Waals surface area contributed by atoms with Crippen molar-refractivity contribution in [3.05, 3.63) is 102 Å². The number of H-pyrrole nitrogens is 1. The van der Waals surface area contributed by atoms with Gasteiger partial charge in [-0.15, -0.1) is 0 Å². The summed E-state index contributed by atoms with van der Waals surface area (Å²) in [6.07, 6.45) is 3.34. The SMILES string of the molecule is CN(Cc1ccncc1)C(=O)c1[nH]c(SCc2ccccc2F)nc1-c1ccc(F)cc1. The smallest absolute Gasteiger partial charge is 0.272 e. The summed E-state index contributed by atoms with van der Waals surface area (Å²) in [4.78, 5) is 26.5. The number of rotatable bonds is 7. The zero-order chi connectivity index (χ0) is 22.5. The maximum absolute atomic E-state index is 14.0. The van der Waals surface area contributed by atoms with Gasteiger partial charge in [-0.2, -0.15) is 0 Å². The number of aromatic amines is 1. The van der Waals surface area contributed by atoms with Gasteiger partial charge in [0.1, 0.15) is 23.0 Å². The summed E-state index contributed by atoms with van der Waals surface area (Å²) >= 11 is 1.29. The van der Waals surface area contributed by atoms with Gasteiger partial charge in [-0.3, -0.25) is 9.78 Å². The number of hydrogen-bond donors (Lipinski definition) is 1. The number of aromatic nitrogens is 3. The number of thioether (sulfide) groups is 1. The number of nitrogens with one attached hydrogen (secondary N) is 1. The minimum absolute atomic E-state index is 0.258. The van der Waals surface area contributed by atoms with E-state index in [1.54, 1.807) is 54.7 Å². The van der Waals surface area contributed by atoms with E-state index < -0.39 is 0 Å².